The standard InChI is InChI=1S/C16H16FN3O3/c1-16(7-22-11-23-8-16)15(21)14(20-10-18-9-19-20)6-12-2-4-13(17)5-3-12/h2-6,9-10H,7-8,11H2,1H3. The van der Waals surface area contributed by atoms with Crippen LogP contribution in [0.5, 0.6) is 0 Å². The molecule has 0 amide bonds. The molecule has 1 aliphatic heterocycles. The molecule has 0 N–H and O–H groups in total. The summed E-state index contributed by atoms with van der Waals surface area (Å²) in [5.74, 6) is -0.510. The Balaban J connectivity index is 1.99. The van der Waals surface area contributed by atoms with E-state index in [9.17, 15) is 9.18 Å². The van der Waals surface area contributed by atoms with E-state index in [1.807, 2.05) is 0 Å². The van der Waals surface area contributed by atoms with Gasteiger partial charge in [-0.05, 0) is 30.7 Å². The van der Waals surface area contributed by atoms with E-state index in [1.54, 1.807) is 25.1 Å². The molecule has 120 valence electrons. The van der Waals surface area contributed by atoms with E-state index in [4.69, 9.17) is 9.47 Å². The summed E-state index contributed by atoms with van der Waals surface area (Å²) in [5.41, 5.74) is 0.202. The van der Waals surface area contributed by atoms with Crippen molar-refractivity contribution < 1.29 is 18.7 Å². The van der Waals surface area contributed by atoms with E-state index in [0.717, 1.165) is 0 Å². The fourth-order valence-electron chi connectivity index (χ4n) is 2.36. The first-order chi connectivity index (χ1) is 11.1. The lowest BCUT2D eigenvalue weighted by Crippen LogP contribution is -2.42. The monoisotopic (exact) mass is 317 g/mol. The number of allylic oxidation sites excluding steroid dienone is 1. The zero-order chi connectivity index (χ0) is 16.3. The van der Waals surface area contributed by atoms with Crippen molar-refractivity contribution in [3.63, 3.8) is 0 Å². The molecular formula is C16H16FN3O3. The fraction of sp³-hybridized carbons (Fsp3) is 0.312. The molecule has 1 fully saturated rings. The molecule has 0 spiro atoms. The smallest absolute Gasteiger partial charge is 0.191 e. The summed E-state index contributed by atoms with van der Waals surface area (Å²) in [6.45, 7) is 2.50. The van der Waals surface area contributed by atoms with E-state index in [1.165, 1.54) is 29.5 Å². The van der Waals surface area contributed by atoms with Crippen LogP contribution in [-0.4, -0.2) is 40.6 Å². The zero-order valence-electron chi connectivity index (χ0n) is 12.6. The second-order valence-corrected chi connectivity index (χ2v) is 5.63. The quantitative estimate of drug-likeness (QED) is 0.807. The first kappa shape index (κ1) is 15.5. The number of Topliss-reactive ketones (excluding diaryl/α,β-unsaturated/α-hetero) is 1. The highest BCUT2D eigenvalue weighted by Crippen LogP contribution is 2.28. The van der Waals surface area contributed by atoms with E-state index < -0.39 is 5.41 Å². The maximum Gasteiger partial charge on any atom is 0.191 e. The Morgan fingerprint density at radius 1 is 1.30 bits per heavy atom. The summed E-state index contributed by atoms with van der Waals surface area (Å²) in [6.07, 6.45) is 4.44. The van der Waals surface area contributed by atoms with Gasteiger partial charge in [0.2, 0.25) is 0 Å². The van der Waals surface area contributed by atoms with Crippen molar-refractivity contribution in [1.29, 1.82) is 0 Å². The molecule has 3 rings (SSSR count). The van der Waals surface area contributed by atoms with Crippen LogP contribution in [0.3, 0.4) is 0 Å². The Morgan fingerprint density at radius 2 is 2.00 bits per heavy atom. The van der Waals surface area contributed by atoms with Crippen LogP contribution in [0.15, 0.2) is 36.9 Å². The van der Waals surface area contributed by atoms with Crippen LogP contribution in [0.4, 0.5) is 4.39 Å². The summed E-state index contributed by atoms with van der Waals surface area (Å²) in [5, 5.41) is 4.04. The Hall–Kier alpha value is -2.38. The van der Waals surface area contributed by atoms with Crippen LogP contribution in [-0.2, 0) is 14.3 Å². The number of nitrogens with zero attached hydrogens (tertiary/aromatic N) is 3. The molecule has 6 nitrogen and oxygen atoms in total. The third-order valence-corrected chi connectivity index (χ3v) is 3.63. The number of carbonyl (C=O) groups is 1. The summed E-state index contributed by atoms with van der Waals surface area (Å²) in [4.78, 5) is 16.9. The molecule has 0 unspecified atom stereocenters. The number of halogens is 1. The number of ether oxygens (including phenoxy) is 2. The predicted octanol–water partition coefficient (Wildman–Crippen LogP) is 1.99. The molecule has 0 saturated carbocycles. The lowest BCUT2D eigenvalue weighted by atomic mass is 9.85. The van der Waals surface area contributed by atoms with Gasteiger partial charge in [0, 0.05) is 0 Å². The van der Waals surface area contributed by atoms with Crippen molar-refractivity contribution in [3.8, 4) is 0 Å². The Labute approximate surface area is 132 Å². The summed E-state index contributed by atoms with van der Waals surface area (Å²) in [7, 11) is 0. The minimum Gasteiger partial charge on any atom is -0.354 e. The molecule has 2 aromatic rings. The highest BCUT2D eigenvalue weighted by molar-refractivity contribution is 6.22. The van der Waals surface area contributed by atoms with Crippen molar-refractivity contribution in [2.45, 2.75) is 6.92 Å². The van der Waals surface area contributed by atoms with E-state index in [-0.39, 0.29) is 31.6 Å². The highest BCUT2D eigenvalue weighted by Gasteiger charge is 2.39. The molecular weight excluding hydrogens is 301 g/mol. The molecule has 23 heavy (non-hydrogen) atoms. The number of carbonyl (C=O) groups excluding carboxylic acids is 1. The molecule has 0 bridgehead atoms. The largest absolute Gasteiger partial charge is 0.354 e. The van der Waals surface area contributed by atoms with E-state index in [0.29, 0.717) is 11.3 Å². The van der Waals surface area contributed by atoms with Crippen LogP contribution in [0.25, 0.3) is 11.8 Å². The van der Waals surface area contributed by atoms with Crippen LogP contribution < -0.4 is 0 Å². The Morgan fingerprint density at radius 3 is 2.61 bits per heavy atom. The van der Waals surface area contributed by atoms with Crippen LogP contribution in [0.2, 0.25) is 0 Å². The minimum absolute atomic E-state index is 0.174. The number of aromatic nitrogens is 3. The second-order valence-electron chi connectivity index (χ2n) is 5.63. The average Bonchev–Trinajstić information content (AvgIpc) is 3.08. The van der Waals surface area contributed by atoms with Crippen LogP contribution in [0, 0.1) is 11.2 Å². The van der Waals surface area contributed by atoms with Gasteiger partial charge in [-0.25, -0.2) is 14.1 Å². The van der Waals surface area contributed by atoms with Crippen molar-refractivity contribution in [1.82, 2.24) is 14.8 Å². The maximum atomic E-state index is 13.1. The zero-order valence-corrected chi connectivity index (χ0v) is 12.6. The van der Waals surface area contributed by atoms with Crippen molar-refractivity contribution in [2.75, 3.05) is 20.0 Å². The molecule has 7 heteroatoms. The van der Waals surface area contributed by atoms with Crippen molar-refractivity contribution in [2.24, 2.45) is 5.41 Å². The first-order valence-corrected chi connectivity index (χ1v) is 7.11. The molecule has 1 aromatic heterocycles. The summed E-state index contributed by atoms with van der Waals surface area (Å²) >= 11 is 0. The van der Waals surface area contributed by atoms with Gasteiger partial charge in [0.05, 0.1) is 18.6 Å². The highest BCUT2D eigenvalue weighted by atomic mass is 19.1. The maximum absolute atomic E-state index is 13.1. The molecule has 2 heterocycles. The number of hydrogen-bond acceptors (Lipinski definition) is 5. The van der Waals surface area contributed by atoms with Crippen LogP contribution >= 0.6 is 0 Å². The Bertz CT molecular complexity index is 705. The SMILES string of the molecule is CC1(C(=O)C(=Cc2ccc(F)cc2)n2cncn2)COCOC1. The lowest BCUT2D eigenvalue weighted by molar-refractivity contribution is -0.168. The summed E-state index contributed by atoms with van der Waals surface area (Å²) < 4.78 is 25.0. The van der Waals surface area contributed by atoms with Gasteiger partial charge >= 0.3 is 0 Å². The van der Waals surface area contributed by atoms with Gasteiger partial charge < -0.3 is 9.47 Å². The Kier molecular flexibility index (Phi) is 4.31. The molecule has 0 radical (unpaired) electrons. The van der Waals surface area contributed by atoms with Crippen molar-refractivity contribution in [3.05, 3.63) is 48.3 Å². The molecule has 0 aliphatic carbocycles. The van der Waals surface area contributed by atoms with Gasteiger partial charge in [0.25, 0.3) is 0 Å². The number of benzene rings is 1. The van der Waals surface area contributed by atoms with Crippen molar-refractivity contribution >= 4 is 17.6 Å². The van der Waals surface area contributed by atoms with Gasteiger partial charge in [-0.3, -0.25) is 4.79 Å². The summed E-state index contributed by atoms with van der Waals surface area (Å²) in [6, 6.07) is 5.86. The number of rotatable bonds is 4. The molecule has 1 saturated heterocycles. The van der Waals surface area contributed by atoms with Gasteiger partial charge in [0.15, 0.2) is 5.78 Å². The molecule has 0 atom stereocenters. The minimum atomic E-state index is -0.809. The number of ketones is 1. The first-order valence-electron chi connectivity index (χ1n) is 7.11. The average molecular weight is 317 g/mol. The third-order valence-electron chi connectivity index (χ3n) is 3.63. The second kappa shape index (κ2) is 6.39. The lowest BCUT2D eigenvalue weighted by Gasteiger charge is -2.32. The predicted molar refractivity (Wildman–Crippen MR) is 80.5 cm³/mol. The molecule has 1 aromatic carbocycles. The normalized spacial score (nSPS) is 17.9. The van der Waals surface area contributed by atoms with E-state index >= 15 is 0 Å². The van der Waals surface area contributed by atoms with E-state index in [2.05, 4.69) is 10.1 Å². The van der Waals surface area contributed by atoms with Gasteiger partial charge in [0.1, 0.15) is 31.0 Å². The van der Waals surface area contributed by atoms with Gasteiger partial charge in [-0.2, -0.15) is 5.10 Å². The topological polar surface area (TPSA) is 66.2 Å². The third kappa shape index (κ3) is 3.35. The number of hydrogen-bond donors (Lipinski definition) is 0. The van der Waals surface area contributed by atoms with Gasteiger partial charge in [-0.15, -0.1) is 0 Å². The van der Waals surface area contributed by atoms with Gasteiger partial charge in [-0.1, -0.05) is 12.1 Å². The fourth-order valence-corrected chi connectivity index (χ4v) is 2.36. The molecule has 1 aliphatic rings. The van der Waals surface area contributed by atoms with Crippen LogP contribution in [0.1, 0.15) is 12.5 Å².